The number of benzene rings is 1. The van der Waals surface area contributed by atoms with Gasteiger partial charge in [0.05, 0.1) is 11.4 Å². The second-order valence-corrected chi connectivity index (χ2v) is 5.65. The molecule has 0 bridgehead atoms. The molecule has 1 heterocycles. The first-order chi connectivity index (χ1) is 9.15. The lowest BCUT2D eigenvalue weighted by atomic mass is 9.79. The summed E-state index contributed by atoms with van der Waals surface area (Å²) in [4.78, 5) is 8.95. The zero-order valence-electron chi connectivity index (χ0n) is 11.3. The molecule has 1 aliphatic rings. The zero-order chi connectivity index (χ0) is 13.4. The first-order valence-corrected chi connectivity index (χ1v) is 7.14. The van der Waals surface area contributed by atoms with Crippen molar-refractivity contribution in [2.24, 2.45) is 0 Å². The Morgan fingerprint density at radius 3 is 2.53 bits per heavy atom. The molecule has 3 heteroatoms. The maximum Gasteiger partial charge on any atom is 0.155 e. The molecule has 2 aromatic rings. The first-order valence-electron chi connectivity index (χ1n) is 6.76. The fourth-order valence-electron chi connectivity index (χ4n) is 2.44. The van der Waals surface area contributed by atoms with Crippen molar-refractivity contribution in [3.8, 4) is 11.3 Å². The summed E-state index contributed by atoms with van der Waals surface area (Å²) in [6.45, 7) is 3.90. The molecular weight excluding hydrogens is 256 g/mol. The van der Waals surface area contributed by atoms with Crippen molar-refractivity contribution >= 4 is 11.6 Å². The summed E-state index contributed by atoms with van der Waals surface area (Å²) in [5.41, 5.74) is 5.10. The molecule has 98 valence electrons. The minimum atomic E-state index is 0.494. The maximum absolute atomic E-state index is 6.24. The number of halogens is 1. The number of aromatic nitrogens is 2. The predicted molar refractivity (Wildman–Crippen MR) is 78.5 cm³/mol. The molecule has 1 saturated carbocycles. The van der Waals surface area contributed by atoms with Gasteiger partial charge in [-0.1, -0.05) is 36.2 Å². The van der Waals surface area contributed by atoms with Crippen LogP contribution >= 0.6 is 11.6 Å². The van der Waals surface area contributed by atoms with Crippen LogP contribution in [0.5, 0.6) is 0 Å². The molecule has 0 saturated heterocycles. The van der Waals surface area contributed by atoms with Gasteiger partial charge >= 0.3 is 0 Å². The van der Waals surface area contributed by atoms with E-state index in [1.807, 2.05) is 13.8 Å². The average molecular weight is 273 g/mol. The van der Waals surface area contributed by atoms with Gasteiger partial charge in [0.2, 0.25) is 0 Å². The van der Waals surface area contributed by atoms with Crippen molar-refractivity contribution in [3.05, 3.63) is 46.4 Å². The Labute approximate surface area is 118 Å². The van der Waals surface area contributed by atoms with E-state index < -0.39 is 0 Å². The lowest BCUT2D eigenvalue weighted by Crippen LogP contribution is -2.08. The molecule has 1 fully saturated rings. The van der Waals surface area contributed by atoms with Gasteiger partial charge in [0.15, 0.2) is 5.15 Å². The summed E-state index contributed by atoms with van der Waals surface area (Å²) in [5, 5.41) is 0.494. The fourth-order valence-corrected chi connectivity index (χ4v) is 2.72. The third-order valence-electron chi connectivity index (χ3n) is 4.00. The maximum atomic E-state index is 6.24. The average Bonchev–Trinajstić information content (AvgIpc) is 2.32. The summed E-state index contributed by atoms with van der Waals surface area (Å²) < 4.78 is 0. The molecule has 3 rings (SSSR count). The number of hydrogen-bond donors (Lipinski definition) is 0. The van der Waals surface area contributed by atoms with Gasteiger partial charge in [0.25, 0.3) is 0 Å². The minimum Gasteiger partial charge on any atom is -0.248 e. The quantitative estimate of drug-likeness (QED) is 0.793. The Hall–Kier alpha value is -1.41. The van der Waals surface area contributed by atoms with Crippen LogP contribution in [-0.4, -0.2) is 9.97 Å². The van der Waals surface area contributed by atoms with Crippen LogP contribution in [0.2, 0.25) is 5.15 Å². The normalized spacial score (nSPS) is 15.3. The first kappa shape index (κ1) is 12.6. The molecule has 0 spiro atoms. The second kappa shape index (κ2) is 4.93. The van der Waals surface area contributed by atoms with E-state index in [1.165, 1.54) is 24.8 Å². The molecule has 1 aliphatic carbocycles. The van der Waals surface area contributed by atoms with Gasteiger partial charge in [-0.05, 0) is 44.2 Å². The summed E-state index contributed by atoms with van der Waals surface area (Å²) in [5.74, 6) is 0.721. The number of hydrogen-bond acceptors (Lipinski definition) is 2. The smallest absolute Gasteiger partial charge is 0.155 e. The van der Waals surface area contributed by atoms with Gasteiger partial charge < -0.3 is 0 Å². The molecule has 19 heavy (non-hydrogen) atoms. The van der Waals surface area contributed by atoms with E-state index in [2.05, 4.69) is 34.2 Å². The van der Waals surface area contributed by atoms with E-state index >= 15 is 0 Å². The van der Waals surface area contributed by atoms with Crippen molar-refractivity contribution in [3.63, 3.8) is 0 Å². The van der Waals surface area contributed by atoms with E-state index in [0.29, 0.717) is 5.15 Å². The monoisotopic (exact) mass is 272 g/mol. The minimum absolute atomic E-state index is 0.494. The summed E-state index contributed by atoms with van der Waals surface area (Å²) in [6.07, 6.45) is 3.95. The molecule has 0 N–H and O–H groups in total. The molecule has 1 aromatic heterocycles. The highest BCUT2D eigenvalue weighted by atomic mass is 35.5. The van der Waals surface area contributed by atoms with Gasteiger partial charge in [0, 0.05) is 5.56 Å². The van der Waals surface area contributed by atoms with Gasteiger partial charge in [0.1, 0.15) is 5.69 Å². The highest BCUT2D eigenvalue weighted by Gasteiger charge is 2.20. The van der Waals surface area contributed by atoms with Crippen LogP contribution in [0.3, 0.4) is 0 Å². The molecule has 0 radical (unpaired) electrons. The highest BCUT2D eigenvalue weighted by molar-refractivity contribution is 6.31. The van der Waals surface area contributed by atoms with E-state index in [9.17, 15) is 0 Å². The molecule has 0 aliphatic heterocycles. The largest absolute Gasteiger partial charge is 0.248 e. The number of aryl methyl sites for hydroxylation is 2. The fraction of sp³-hybridized carbons (Fsp3) is 0.375. The molecule has 2 nitrogen and oxygen atoms in total. The molecular formula is C16H17ClN2. The van der Waals surface area contributed by atoms with Gasteiger partial charge in [-0.25, -0.2) is 9.97 Å². The molecule has 0 unspecified atom stereocenters. The van der Waals surface area contributed by atoms with Crippen LogP contribution < -0.4 is 0 Å². The summed E-state index contributed by atoms with van der Waals surface area (Å²) in [6, 6.07) is 8.58. The standard InChI is InChI=1S/C16H17ClN2/c1-10-11(2)19-16(17)15(18-10)14-8-4-7-13(9-14)12-5-3-6-12/h4,7-9,12H,3,5-6H2,1-2H3. The third-order valence-corrected chi connectivity index (χ3v) is 4.26. The van der Waals surface area contributed by atoms with Crippen LogP contribution in [0, 0.1) is 13.8 Å². The van der Waals surface area contributed by atoms with Crippen molar-refractivity contribution in [1.29, 1.82) is 0 Å². The summed E-state index contributed by atoms with van der Waals surface area (Å²) in [7, 11) is 0. The van der Waals surface area contributed by atoms with E-state index in [1.54, 1.807) is 0 Å². The van der Waals surface area contributed by atoms with Crippen molar-refractivity contribution in [2.75, 3.05) is 0 Å². The Kier molecular flexibility index (Phi) is 3.28. The summed E-state index contributed by atoms with van der Waals surface area (Å²) >= 11 is 6.24. The topological polar surface area (TPSA) is 25.8 Å². The Morgan fingerprint density at radius 2 is 1.84 bits per heavy atom. The third kappa shape index (κ3) is 2.37. The van der Waals surface area contributed by atoms with Gasteiger partial charge in [-0.3, -0.25) is 0 Å². The van der Waals surface area contributed by atoms with E-state index in [0.717, 1.165) is 28.6 Å². The predicted octanol–water partition coefficient (Wildman–Crippen LogP) is 4.68. The van der Waals surface area contributed by atoms with Crippen molar-refractivity contribution in [2.45, 2.75) is 39.0 Å². The van der Waals surface area contributed by atoms with Gasteiger partial charge in [-0.2, -0.15) is 0 Å². The van der Waals surface area contributed by atoms with E-state index in [4.69, 9.17) is 11.6 Å². The number of rotatable bonds is 2. The molecule has 1 aromatic carbocycles. The van der Waals surface area contributed by atoms with Crippen molar-refractivity contribution < 1.29 is 0 Å². The van der Waals surface area contributed by atoms with Crippen LogP contribution in [-0.2, 0) is 0 Å². The second-order valence-electron chi connectivity index (χ2n) is 5.29. The molecule has 0 amide bonds. The van der Waals surface area contributed by atoms with Crippen LogP contribution in [0.4, 0.5) is 0 Å². The van der Waals surface area contributed by atoms with Crippen LogP contribution in [0.1, 0.15) is 42.1 Å². The zero-order valence-corrected chi connectivity index (χ0v) is 12.0. The Balaban J connectivity index is 2.04. The Morgan fingerprint density at radius 1 is 1.11 bits per heavy atom. The lowest BCUT2D eigenvalue weighted by Gasteiger charge is -2.26. The molecule has 0 atom stereocenters. The highest BCUT2D eigenvalue weighted by Crippen LogP contribution is 2.38. The Bertz CT molecular complexity index is 618. The van der Waals surface area contributed by atoms with Crippen LogP contribution in [0.15, 0.2) is 24.3 Å². The SMILES string of the molecule is Cc1nc(Cl)c(-c2cccc(C3CCC3)c2)nc1C. The van der Waals surface area contributed by atoms with E-state index in [-0.39, 0.29) is 0 Å². The number of nitrogens with zero attached hydrogens (tertiary/aromatic N) is 2. The van der Waals surface area contributed by atoms with Crippen molar-refractivity contribution in [1.82, 2.24) is 9.97 Å². The van der Waals surface area contributed by atoms with Crippen LogP contribution in [0.25, 0.3) is 11.3 Å². The lowest BCUT2D eigenvalue weighted by molar-refractivity contribution is 0.420. The van der Waals surface area contributed by atoms with Gasteiger partial charge in [-0.15, -0.1) is 0 Å².